The number of aromatic nitrogens is 4. The largest absolute Gasteiger partial charge is 0.369 e. The van der Waals surface area contributed by atoms with E-state index in [2.05, 4.69) is 41.8 Å². The molecule has 0 radical (unpaired) electrons. The van der Waals surface area contributed by atoms with E-state index in [4.69, 9.17) is 0 Å². The van der Waals surface area contributed by atoms with E-state index in [0.29, 0.717) is 43.0 Å². The number of hydrogen-bond acceptors (Lipinski definition) is 7. The fourth-order valence-electron chi connectivity index (χ4n) is 3.68. The first-order valence-electron chi connectivity index (χ1n) is 9.84. The van der Waals surface area contributed by atoms with Gasteiger partial charge in [-0.25, -0.2) is 14.4 Å². The second kappa shape index (κ2) is 8.79. The van der Waals surface area contributed by atoms with Crippen LogP contribution in [0.5, 0.6) is 0 Å². The maximum atomic E-state index is 13.1. The van der Waals surface area contributed by atoms with Gasteiger partial charge in [-0.2, -0.15) is 10.4 Å². The number of carbonyl (C=O) groups is 1. The van der Waals surface area contributed by atoms with E-state index in [0.717, 1.165) is 5.69 Å². The summed E-state index contributed by atoms with van der Waals surface area (Å²) in [4.78, 5) is 23.3. The molecule has 10 heteroatoms. The quantitative estimate of drug-likeness (QED) is 0.560. The molecule has 1 aromatic carbocycles. The van der Waals surface area contributed by atoms with Crippen LogP contribution >= 0.6 is 0 Å². The lowest BCUT2D eigenvalue weighted by Gasteiger charge is -2.41. The molecule has 3 N–H and O–H groups in total. The molecular formula is C21H21FN8O. The van der Waals surface area contributed by atoms with Gasteiger partial charge in [-0.05, 0) is 37.1 Å². The van der Waals surface area contributed by atoms with Crippen molar-refractivity contribution in [1.82, 2.24) is 25.5 Å². The SMILES string of the molecule is N#CCC1(NC(=O)c2cn[nH]c2Nc2ccc(F)cc2)CCN(c2cncnc2)CC1. The monoisotopic (exact) mass is 420 g/mol. The third kappa shape index (κ3) is 4.61. The molecule has 0 bridgehead atoms. The Labute approximate surface area is 178 Å². The zero-order valence-electron chi connectivity index (χ0n) is 16.7. The highest BCUT2D eigenvalue weighted by atomic mass is 19.1. The Kier molecular flexibility index (Phi) is 5.75. The summed E-state index contributed by atoms with van der Waals surface area (Å²) in [5, 5.41) is 22.2. The molecule has 0 aliphatic carbocycles. The number of nitriles is 1. The van der Waals surface area contributed by atoms with Gasteiger partial charge < -0.3 is 15.5 Å². The molecule has 0 saturated carbocycles. The molecule has 0 atom stereocenters. The number of rotatable bonds is 6. The summed E-state index contributed by atoms with van der Waals surface area (Å²) in [5.41, 5.74) is 1.22. The number of H-pyrrole nitrogens is 1. The Hall–Kier alpha value is -4.00. The molecule has 1 aliphatic rings. The zero-order valence-corrected chi connectivity index (χ0v) is 16.7. The Morgan fingerprint density at radius 1 is 1.19 bits per heavy atom. The molecular weight excluding hydrogens is 399 g/mol. The van der Waals surface area contributed by atoms with Gasteiger partial charge in [0.15, 0.2) is 0 Å². The minimum atomic E-state index is -0.637. The standard InChI is InChI=1S/C21H21FN8O/c22-15-1-3-16(4-2-15)27-19-18(13-26-29-19)20(31)28-21(5-8-23)6-9-30(10-7-21)17-11-24-14-25-12-17/h1-4,11-14H,5-7,9-10H2,(H,28,31)(H2,26,27,29). The highest BCUT2D eigenvalue weighted by molar-refractivity contribution is 5.99. The first-order chi connectivity index (χ1) is 15.1. The molecule has 9 nitrogen and oxygen atoms in total. The molecule has 0 unspecified atom stereocenters. The van der Waals surface area contributed by atoms with Crippen LogP contribution < -0.4 is 15.5 Å². The average Bonchev–Trinajstić information content (AvgIpc) is 3.25. The topological polar surface area (TPSA) is 123 Å². The molecule has 0 spiro atoms. The third-order valence-corrected chi connectivity index (χ3v) is 5.43. The lowest BCUT2D eigenvalue weighted by Crippen LogP contribution is -2.55. The smallest absolute Gasteiger partial charge is 0.257 e. The van der Waals surface area contributed by atoms with Gasteiger partial charge >= 0.3 is 0 Å². The number of aromatic amines is 1. The fraction of sp³-hybridized carbons (Fsp3) is 0.286. The lowest BCUT2D eigenvalue weighted by atomic mass is 9.84. The molecule has 1 saturated heterocycles. The van der Waals surface area contributed by atoms with E-state index in [1.807, 2.05) is 0 Å². The number of carbonyl (C=O) groups excluding carboxylic acids is 1. The van der Waals surface area contributed by atoms with E-state index in [-0.39, 0.29) is 18.1 Å². The van der Waals surface area contributed by atoms with E-state index >= 15 is 0 Å². The summed E-state index contributed by atoms with van der Waals surface area (Å²) in [6.45, 7) is 1.34. The van der Waals surface area contributed by atoms with Crippen molar-refractivity contribution in [3.63, 3.8) is 0 Å². The molecule has 1 amide bonds. The van der Waals surface area contributed by atoms with Crippen LogP contribution in [-0.2, 0) is 0 Å². The molecule has 31 heavy (non-hydrogen) atoms. The number of benzene rings is 1. The van der Waals surface area contributed by atoms with Crippen LogP contribution in [0.4, 0.5) is 21.6 Å². The summed E-state index contributed by atoms with van der Waals surface area (Å²) in [6, 6.07) is 8.00. The van der Waals surface area contributed by atoms with Crippen LogP contribution in [0.15, 0.2) is 49.2 Å². The van der Waals surface area contributed by atoms with E-state index in [1.165, 1.54) is 24.7 Å². The summed E-state index contributed by atoms with van der Waals surface area (Å²) in [7, 11) is 0. The van der Waals surface area contributed by atoms with Gasteiger partial charge in [0.05, 0.1) is 42.3 Å². The minimum Gasteiger partial charge on any atom is -0.369 e. The highest BCUT2D eigenvalue weighted by Gasteiger charge is 2.37. The zero-order chi connectivity index (χ0) is 21.7. The van der Waals surface area contributed by atoms with Crippen molar-refractivity contribution in [2.45, 2.75) is 24.8 Å². The van der Waals surface area contributed by atoms with Gasteiger partial charge in [-0.15, -0.1) is 0 Å². The summed E-state index contributed by atoms with van der Waals surface area (Å²) < 4.78 is 13.1. The normalized spacial score (nSPS) is 15.2. The Morgan fingerprint density at radius 3 is 2.58 bits per heavy atom. The van der Waals surface area contributed by atoms with Crippen LogP contribution in [0, 0.1) is 17.1 Å². The van der Waals surface area contributed by atoms with E-state index in [1.54, 1.807) is 24.5 Å². The maximum Gasteiger partial charge on any atom is 0.257 e. The van der Waals surface area contributed by atoms with Crippen LogP contribution in [0.25, 0.3) is 0 Å². The number of hydrogen-bond donors (Lipinski definition) is 3. The van der Waals surface area contributed by atoms with Crippen LogP contribution in [0.2, 0.25) is 0 Å². The van der Waals surface area contributed by atoms with Crippen LogP contribution in [0.3, 0.4) is 0 Å². The summed E-state index contributed by atoms with van der Waals surface area (Å²) >= 11 is 0. The lowest BCUT2D eigenvalue weighted by molar-refractivity contribution is 0.0883. The predicted molar refractivity (Wildman–Crippen MR) is 112 cm³/mol. The maximum absolute atomic E-state index is 13.1. The first-order valence-corrected chi connectivity index (χ1v) is 9.84. The van der Waals surface area contributed by atoms with Crippen LogP contribution in [0.1, 0.15) is 29.6 Å². The summed E-state index contributed by atoms with van der Waals surface area (Å²) in [5.74, 6) is -0.278. The number of piperidine rings is 1. The first kappa shape index (κ1) is 20.3. The second-order valence-electron chi connectivity index (χ2n) is 7.44. The van der Waals surface area contributed by atoms with Crippen molar-refractivity contribution >= 4 is 23.1 Å². The molecule has 3 heterocycles. The molecule has 1 aliphatic heterocycles. The molecule has 3 aromatic rings. The average molecular weight is 420 g/mol. The van der Waals surface area contributed by atoms with Crippen molar-refractivity contribution in [2.75, 3.05) is 23.3 Å². The van der Waals surface area contributed by atoms with Crippen LogP contribution in [-0.4, -0.2) is 44.7 Å². The number of halogens is 1. The molecule has 158 valence electrons. The Morgan fingerprint density at radius 2 is 1.90 bits per heavy atom. The fourth-order valence-corrected chi connectivity index (χ4v) is 3.68. The highest BCUT2D eigenvalue weighted by Crippen LogP contribution is 2.29. The third-order valence-electron chi connectivity index (χ3n) is 5.43. The van der Waals surface area contributed by atoms with Crippen molar-refractivity contribution in [1.29, 1.82) is 5.26 Å². The van der Waals surface area contributed by atoms with E-state index < -0.39 is 5.54 Å². The van der Waals surface area contributed by atoms with Gasteiger partial charge in [-0.1, -0.05) is 0 Å². The van der Waals surface area contributed by atoms with Crippen molar-refractivity contribution in [3.05, 3.63) is 60.6 Å². The number of nitrogens with one attached hydrogen (secondary N) is 3. The Balaban J connectivity index is 1.46. The van der Waals surface area contributed by atoms with E-state index in [9.17, 15) is 14.4 Å². The number of anilines is 3. The number of nitrogens with zero attached hydrogens (tertiary/aromatic N) is 5. The van der Waals surface area contributed by atoms with Crippen molar-refractivity contribution in [2.24, 2.45) is 0 Å². The van der Waals surface area contributed by atoms with Gasteiger partial charge in [-0.3, -0.25) is 9.89 Å². The second-order valence-corrected chi connectivity index (χ2v) is 7.44. The van der Waals surface area contributed by atoms with Crippen molar-refractivity contribution in [3.8, 4) is 6.07 Å². The van der Waals surface area contributed by atoms with Crippen molar-refractivity contribution < 1.29 is 9.18 Å². The number of amides is 1. The molecule has 4 rings (SSSR count). The van der Waals surface area contributed by atoms with Gasteiger partial charge in [0.2, 0.25) is 0 Å². The van der Waals surface area contributed by atoms with Gasteiger partial charge in [0.25, 0.3) is 5.91 Å². The van der Waals surface area contributed by atoms with Gasteiger partial charge in [0.1, 0.15) is 23.5 Å². The molecule has 1 fully saturated rings. The minimum absolute atomic E-state index is 0.205. The van der Waals surface area contributed by atoms with Gasteiger partial charge in [0, 0.05) is 18.8 Å². The Bertz CT molecular complexity index is 1070. The molecule has 2 aromatic heterocycles. The predicted octanol–water partition coefficient (Wildman–Crippen LogP) is 2.77. The summed E-state index contributed by atoms with van der Waals surface area (Å²) in [6.07, 6.45) is 7.84.